The standard InChI is InChI=1S/C40H76NO8P/c1-5-6-7-8-9-10-11-12-13-14-19-22-25-32-40(43)49-38(36-48-50(44,45)47-34-33-41(2,3)4)35-46-39(42)31-24-21-18-16-15-17-20-23-28-37-29-26-27-30-37/h26,29,37-38H,5-25,27-28,30-36H2,1-4H3/p+1/t37-,38+/m0/s1. The van der Waals surface area contributed by atoms with Gasteiger partial charge in [-0.25, -0.2) is 4.57 Å². The first-order valence-corrected chi connectivity index (χ1v) is 21.9. The number of allylic oxidation sites excluding steroid dienone is 2. The third kappa shape index (κ3) is 30.4. The molecule has 0 aliphatic heterocycles. The van der Waals surface area contributed by atoms with E-state index in [-0.39, 0.29) is 25.6 Å². The van der Waals surface area contributed by atoms with E-state index in [0.29, 0.717) is 23.9 Å². The molecule has 9 nitrogen and oxygen atoms in total. The zero-order chi connectivity index (χ0) is 36.8. The van der Waals surface area contributed by atoms with Gasteiger partial charge in [-0.3, -0.25) is 18.6 Å². The minimum Gasteiger partial charge on any atom is -0.462 e. The normalized spacial score (nSPS) is 16.4. The number of carbonyl (C=O) groups is 2. The van der Waals surface area contributed by atoms with Crippen molar-refractivity contribution < 1.29 is 42.1 Å². The summed E-state index contributed by atoms with van der Waals surface area (Å²) in [5.41, 5.74) is 0. The van der Waals surface area contributed by atoms with E-state index in [0.717, 1.165) is 38.0 Å². The fraction of sp³-hybridized carbons (Fsp3) is 0.900. The summed E-state index contributed by atoms with van der Waals surface area (Å²) in [4.78, 5) is 35.2. The monoisotopic (exact) mass is 731 g/mol. The third-order valence-electron chi connectivity index (χ3n) is 9.47. The Morgan fingerprint density at radius 2 is 1.22 bits per heavy atom. The molecule has 0 amide bonds. The van der Waals surface area contributed by atoms with Crippen LogP contribution in [0.25, 0.3) is 0 Å². The number of phosphoric acid groups is 1. The van der Waals surface area contributed by atoms with Crippen molar-refractivity contribution in [3.05, 3.63) is 12.2 Å². The van der Waals surface area contributed by atoms with Crippen LogP contribution in [-0.2, 0) is 32.7 Å². The molecule has 1 unspecified atom stereocenters. The molecule has 0 aromatic carbocycles. The first-order valence-electron chi connectivity index (χ1n) is 20.4. The summed E-state index contributed by atoms with van der Waals surface area (Å²) in [7, 11) is 1.49. The highest BCUT2D eigenvalue weighted by Gasteiger charge is 2.27. The number of hydrogen-bond acceptors (Lipinski definition) is 7. The Bertz CT molecular complexity index is 922. The fourth-order valence-corrected chi connectivity index (χ4v) is 6.96. The van der Waals surface area contributed by atoms with Gasteiger partial charge in [-0.05, 0) is 38.0 Å². The lowest BCUT2D eigenvalue weighted by Gasteiger charge is -2.24. The second kappa shape index (κ2) is 30.2. The molecule has 0 saturated heterocycles. The second-order valence-electron chi connectivity index (χ2n) is 15.5. The molecule has 1 rings (SSSR count). The van der Waals surface area contributed by atoms with E-state index < -0.39 is 26.5 Å². The molecule has 1 N–H and O–H groups in total. The number of hydrogen-bond donors (Lipinski definition) is 1. The summed E-state index contributed by atoms with van der Waals surface area (Å²) in [6.45, 7) is 2.18. The summed E-state index contributed by atoms with van der Waals surface area (Å²) in [6, 6.07) is 0. The van der Waals surface area contributed by atoms with Crippen molar-refractivity contribution in [2.24, 2.45) is 5.92 Å². The van der Waals surface area contributed by atoms with Gasteiger partial charge in [0.1, 0.15) is 19.8 Å². The highest BCUT2D eigenvalue weighted by Crippen LogP contribution is 2.43. The minimum absolute atomic E-state index is 0.0357. The average molecular weight is 731 g/mol. The van der Waals surface area contributed by atoms with Crippen molar-refractivity contribution in [3.63, 3.8) is 0 Å². The molecular weight excluding hydrogens is 653 g/mol. The Morgan fingerprint density at radius 1 is 0.720 bits per heavy atom. The molecule has 0 spiro atoms. The molecule has 0 saturated carbocycles. The molecule has 50 heavy (non-hydrogen) atoms. The number of phosphoric ester groups is 1. The molecule has 0 radical (unpaired) electrons. The lowest BCUT2D eigenvalue weighted by Crippen LogP contribution is -2.37. The fourth-order valence-electron chi connectivity index (χ4n) is 6.22. The SMILES string of the molecule is CCCCCCCCCCCCCCCC(=O)O[C@H](COC(=O)CCCCCCCCCC[C@H]1C=CCC1)COP(=O)(O)OCC[N+](C)(C)C. The van der Waals surface area contributed by atoms with Crippen LogP contribution in [0.5, 0.6) is 0 Å². The summed E-state index contributed by atoms with van der Waals surface area (Å²) in [5.74, 6) is 0.0217. The second-order valence-corrected chi connectivity index (χ2v) is 17.0. The Balaban J connectivity index is 2.28. The molecule has 1 aliphatic carbocycles. The molecule has 0 bridgehead atoms. The van der Waals surface area contributed by atoms with Crippen molar-refractivity contribution in [1.82, 2.24) is 0 Å². The zero-order valence-corrected chi connectivity index (χ0v) is 33.6. The lowest BCUT2D eigenvalue weighted by molar-refractivity contribution is -0.870. The quantitative estimate of drug-likeness (QED) is 0.0226. The molecule has 1 aliphatic rings. The molecule has 294 valence electrons. The Hall–Kier alpha value is -1.25. The van der Waals surface area contributed by atoms with E-state index in [2.05, 4.69) is 19.1 Å². The van der Waals surface area contributed by atoms with E-state index in [1.54, 1.807) is 0 Å². The summed E-state index contributed by atoms with van der Waals surface area (Å²) >= 11 is 0. The van der Waals surface area contributed by atoms with Gasteiger partial charge in [-0.2, -0.15) is 0 Å². The zero-order valence-electron chi connectivity index (χ0n) is 32.7. The first kappa shape index (κ1) is 46.8. The van der Waals surface area contributed by atoms with Gasteiger partial charge in [-0.1, -0.05) is 141 Å². The molecule has 0 heterocycles. The lowest BCUT2D eigenvalue weighted by atomic mass is 9.99. The van der Waals surface area contributed by atoms with Crippen LogP contribution in [0.4, 0.5) is 0 Å². The number of likely N-dealkylation sites (N-methyl/N-ethyl adjacent to an activating group) is 1. The van der Waals surface area contributed by atoms with Gasteiger partial charge in [0.25, 0.3) is 0 Å². The number of nitrogens with zero attached hydrogens (tertiary/aromatic N) is 1. The van der Waals surface area contributed by atoms with Crippen LogP contribution < -0.4 is 0 Å². The Labute approximate surface area is 306 Å². The van der Waals surface area contributed by atoms with Crippen LogP contribution in [0.3, 0.4) is 0 Å². The number of quaternary nitrogens is 1. The maximum Gasteiger partial charge on any atom is 0.472 e. The summed E-state index contributed by atoms with van der Waals surface area (Å²) < 4.78 is 34.2. The van der Waals surface area contributed by atoms with Crippen LogP contribution in [-0.4, -0.2) is 74.9 Å². The van der Waals surface area contributed by atoms with Crippen LogP contribution >= 0.6 is 7.82 Å². The van der Waals surface area contributed by atoms with E-state index in [9.17, 15) is 19.0 Å². The maximum absolute atomic E-state index is 12.6. The summed E-state index contributed by atoms with van der Waals surface area (Å²) in [5, 5.41) is 0. The number of carbonyl (C=O) groups excluding carboxylic acids is 2. The van der Waals surface area contributed by atoms with Crippen LogP contribution in [0, 0.1) is 5.92 Å². The largest absolute Gasteiger partial charge is 0.472 e. The highest BCUT2D eigenvalue weighted by molar-refractivity contribution is 7.47. The molecule has 0 aromatic heterocycles. The molecular formula is C40H77NO8P+. The Kier molecular flexibility index (Phi) is 28.3. The van der Waals surface area contributed by atoms with Gasteiger partial charge in [0.2, 0.25) is 0 Å². The highest BCUT2D eigenvalue weighted by atomic mass is 31.2. The van der Waals surface area contributed by atoms with Crippen LogP contribution in [0.15, 0.2) is 12.2 Å². The van der Waals surface area contributed by atoms with E-state index in [4.69, 9.17) is 18.5 Å². The molecule has 0 aromatic rings. The van der Waals surface area contributed by atoms with E-state index in [1.165, 1.54) is 116 Å². The van der Waals surface area contributed by atoms with Crippen molar-refractivity contribution >= 4 is 19.8 Å². The average Bonchev–Trinajstić information content (AvgIpc) is 3.58. The van der Waals surface area contributed by atoms with Gasteiger partial charge in [0.15, 0.2) is 6.10 Å². The van der Waals surface area contributed by atoms with Crippen LogP contribution in [0.1, 0.15) is 174 Å². The molecule has 0 fully saturated rings. The predicted octanol–water partition coefficient (Wildman–Crippen LogP) is 10.6. The molecule has 3 atom stereocenters. The van der Waals surface area contributed by atoms with E-state index >= 15 is 0 Å². The van der Waals surface area contributed by atoms with Gasteiger partial charge in [0, 0.05) is 12.8 Å². The minimum atomic E-state index is -4.36. The molecule has 10 heteroatoms. The van der Waals surface area contributed by atoms with Crippen molar-refractivity contribution in [1.29, 1.82) is 0 Å². The maximum atomic E-state index is 12.6. The number of esters is 2. The van der Waals surface area contributed by atoms with Crippen molar-refractivity contribution in [3.8, 4) is 0 Å². The third-order valence-corrected chi connectivity index (χ3v) is 10.5. The van der Waals surface area contributed by atoms with Crippen molar-refractivity contribution in [2.45, 2.75) is 180 Å². The Morgan fingerprint density at radius 3 is 1.72 bits per heavy atom. The van der Waals surface area contributed by atoms with Gasteiger partial charge >= 0.3 is 19.8 Å². The van der Waals surface area contributed by atoms with Gasteiger partial charge in [-0.15, -0.1) is 0 Å². The number of rotatable bonds is 35. The van der Waals surface area contributed by atoms with E-state index in [1.807, 2.05) is 21.1 Å². The van der Waals surface area contributed by atoms with Gasteiger partial charge < -0.3 is 18.9 Å². The number of unbranched alkanes of at least 4 members (excludes halogenated alkanes) is 19. The number of ether oxygens (including phenoxy) is 2. The smallest absolute Gasteiger partial charge is 0.462 e. The van der Waals surface area contributed by atoms with Gasteiger partial charge in [0.05, 0.1) is 27.7 Å². The first-order chi connectivity index (χ1) is 24.0. The predicted molar refractivity (Wildman–Crippen MR) is 204 cm³/mol. The van der Waals surface area contributed by atoms with Crippen molar-refractivity contribution in [2.75, 3.05) is 47.5 Å². The topological polar surface area (TPSA) is 108 Å². The van der Waals surface area contributed by atoms with Crippen LogP contribution in [0.2, 0.25) is 0 Å². The summed E-state index contributed by atoms with van der Waals surface area (Å²) in [6.07, 6.45) is 33.1.